The van der Waals surface area contributed by atoms with Crippen LogP contribution in [0.1, 0.15) is 20.9 Å². The van der Waals surface area contributed by atoms with Crippen molar-refractivity contribution in [2.45, 2.75) is 18.7 Å². The zero-order valence-electron chi connectivity index (χ0n) is 17.7. The second kappa shape index (κ2) is 8.97. The minimum absolute atomic E-state index is 0.0758. The van der Waals surface area contributed by atoms with E-state index in [4.69, 9.17) is 0 Å². The number of sulfonamides is 1. The maximum atomic E-state index is 13.2. The Morgan fingerprint density at radius 3 is 2.38 bits per heavy atom. The van der Waals surface area contributed by atoms with Crippen molar-refractivity contribution in [3.63, 3.8) is 0 Å². The van der Waals surface area contributed by atoms with Gasteiger partial charge in [-0.2, -0.15) is 4.31 Å². The smallest absolute Gasteiger partial charge is 0.257 e. The third kappa shape index (κ3) is 4.67. The number of amides is 1. The summed E-state index contributed by atoms with van der Waals surface area (Å²) in [5, 5.41) is 3.21. The van der Waals surface area contributed by atoms with E-state index in [2.05, 4.69) is 10.3 Å². The minimum Gasteiger partial charge on any atom is -0.369 e. The van der Waals surface area contributed by atoms with E-state index in [9.17, 15) is 17.6 Å². The van der Waals surface area contributed by atoms with Gasteiger partial charge in [-0.25, -0.2) is 17.8 Å². The fraction of sp³-hybridized carbons (Fsp3) is 0.273. The van der Waals surface area contributed by atoms with E-state index in [1.165, 1.54) is 39.9 Å². The van der Waals surface area contributed by atoms with Gasteiger partial charge in [0.15, 0.2) is 5.13 Å². The monoisotopic (exact) mass is 474 g/mol. The number of rotatable bonds is 5. The average Bonchev–Trinajstić information content (AvgIpc) is 3.11. The molecule has 32 heavy (non-hydrogen) atoms. The molecule has 0 radical (unpaired) electrons. The van der Waals surface area contributed by atoms with E-state index in [1.807, 2.05) is 18.7 Å². The molecule has 1 aliphatic heterocycles. The zero-order valence-corrected chi connectivity index (χ0v) is 19.3. The first kappa shape index (κ1) is 22.4. The lowest BCUT2D eigenvalue weighted by atomic mass is 10.2. The second-order valence-electron chi connectivity index (χ2n) is 7.51. The molecule has 0 saturated carbocycles. The lowest BCUT2D eigenvalue weighted by Crippen LogP contribution is -2.48. The number of thiazole rings is 1. The number of carbonyl (C=O) groups is 1. The van der Waals surface area contributed by atoms with E-state index in [1.54, 1.807) is 24.3 Å². The highest BCUT2D eigenvalue weighted by atomic mass is 32.2. The van der Waals surface area contributed by atoms with E-state index < -0.39 is 15.9 Å². The van der Waals surface area contributed by atoms with E-state index in [0.29, 0.717) is 31.3 Å². The highest BCUT2D eigenvalue weighted by Gasteiger charge is 2.29. The molecule has 1 aliphatic rings. The highest BCUT2D eigenvalue weighted by Crippen LogP contribution is 2.24. The molecule has 4 rings (SSSR count). The molecule has 1 saturated heterocycles. The van der Waals surface area contributed by atoms with Crippen LogP contribution in [0.4, 0.5) is 15.2 Å². The van der Waals surface area contributed by atoms with Crippen LogP contribution in [0, 0.1) is 19.7 Å². The van der Waals surface area contributed by atoms with E-state index >= 15 is 0 Å². The maximum absolute atomic E-state index is 13.2. The molecular weight excluding hydrogens is 451 g/mol. The zero-order chi connectivity index (χ0) is 22.9. The van der Waals surface area contributed by atoms with Crippen molar-refractivity contribution in [3.05, 3.63) is 70.5 Å². The van der Waals surface area contributed by atoms with Crippen molar-refractivity contribution in [1.82, 2.24) is 9.29 Å². The molecule has 1 amide bonds. The Kier molecular flexibility index (Phi) is 6.27. The number of carbonyl (C=O) groups excluding carboxylic acids is 1. The van der Waals surface area contributed by atoms with Gasteiger partial charge in [0, 0.05) is 42.3 Å². The minimum atomic E-state index is -3.75. The Morgan fingerprint density at radius 1 is 1.06 bits per heavy atom. The molecule has 1 aromatic heterocycles. The van der Waals surface area contributed by atoms with Crippen LogP contribution in [0.2, 0.25) is 0 Å². The topological polar surface area (TPSA) is 82.6 Å². The summed E-state index contributed by atoms with van der Waals surface area (Å²) in [6.07, 6.45) is 0. The third-order valence-electron chi connectivity index (χ3n) is 5.41. The molecule has 0 aliphatic carbocycles. The second-order valence-corrected chi connectivity index (χ2v) is 10.7. The van der Waals surface area contributed by atoms with Crippen LogP contribution in [0.3, 0.4) is 0 Å². The number of nitrogens with one attached hydrogen (secondary N) is 1. The summed E-state index contributed by atoms with van der Waals surface area (Å²) < 4.78 is 40.9. The molecule has 0 atom stereocenters. The number of halogens is 1. The number of aromatic nitrogens is 1. The van der Waals surface area contributed by atoms with Crippen molar-refractivity contribution < 1.29 is 17.6 Å². The van der Waals surface area contributed by atoms with Crippen LogP contribution in [-0.2, 0) is 10.0 Å². The first-order valence-electron chi connectivity index (χ1n) is 10.1. The summed E-state index contributed by atoms with van der Waals surface area (Å²) in [5.74, 6) is -0.712. The molecule has 0 spiro atoms. The lowest BCUT2D eigenvalue weighted by molar-refractivity contribution is 0.102. The van der Waals surface area contributed by atoms with Gasteiger partial charge in [-0.1, -0.05) is 6.07 Å². The summed E-state index contributed by atoms with van der Waals surface area (Å²) in [4.78, 5) is 20.0. The first-order chi connectivity index (χ1) is 15.2. The number of hydrogen-bond acceptors (Lipinski definition) is 6. The van der Waals surface area contributed by atoms with Gasteiger partial charge in [0.25, 0.3) is 5.91 Å². The molecule has 1 fully saturated rings. The van der Waals surface area contributed by atoms with Crippen LogP contribution in [0.5, 0.6) is 0 Å². The van der Waals surface area contributed by atoms with Crippen molar-refractivity contribution in [3.8, 4) is 0 Å². The predicted octanol–water partition coefficient (Wildman–Crippen LogP) is 3.66. The van der Waals surface area contributed by atoms with Gasteiger partial charge in [-0.3, -0.25) is 10.1 Å². The van der Waals surface area contributed by atoms with Gasteiger partial charge in [0.05, 0.1) is 10.6 Å². The molecule has 2 aromatic carbocycles. The average molecular weight is 475 g/mol. The Balaban J connectivity index is 1.46. The Hall–Kier alpha value is -2.82. The van der Waals surface area contributed by atoms with Crippen molar-refractivity contribution in [1.29, 1.82) is 0 Å². The third-order valence-corrected chi connectivity index (χ3v) is 8.30. The van der Waals surface area contributed by atoms with Gasteiger partial charge >= 0.3 is 0 Å². The van der Waals surface area contributed by atoms with Gasteiger partial charge in [-0.05, 0) is 56.3 Å². The molecule has 0 unspecified atom stereocenters. The van der Waals surface area contributed by atoms with Gasteiger partial charge < -0.3 is 4.90 Å². The normalized spacial score (nSPS) is 15.0. The highest BCUT2D eigenvalue weighted by molar-refractivity contribution is 7.89. The van der Waals surface area contributed by atoms with Crippen LogP contribution in [0.15, 0.2) is 53.4 Å². The van der Waals surface area contributed by atoms with E-state index in [0.717, 1.165) is 16.3 Å². The van der Waals surface area contributed by atoms with Crippen molar-refractivity contribution in [2.75, 3.05) is 36.4 Å². The molecule has 0 bridgehead atoms. The first-order valence-corrected chi connectivity index (χ1v) is 12.4. The van der Waals surface area contributed by atoms with Gasteiger partial charge in [0.1, 0.15) is 5.82 Å². The van der Waals surface area contributed by atoms with Crippen molar-refractivity contribution in [2.24, 2.45) is 0 Å². The number of nitrogens with zero attached hydrogens (tertiary/aromatic N) is 3. The van der Waals surface area contributed by atoms with Crippen LogP contribution >= 0.6 is 11.3 Å². The Labute approximate surface area is 190 Å². The summed E-state index contributed by atoms with van der Waals surface area (Å²) in [6, 6.07) is 12.2. The molecular formula is C22H23FN4O3S2. The summed E-state index contributed by atoms with van der Waals surface area (Å²) in [7, 11) is -3.75. The van der Waals surface area contributed by atoms with Crippen LogP contribution in [0.25, 0.3) is 0 Å². The summed E-state index contributed by atoms with van der Waals surface area (Å²) in [6.45, 7) is 5.37. The molecule has 1 N–H and O–H groups in total. The quantitative estimate of drug-likeness (QED) is 0.610. The number of aryl methyl sites for hydroxylation is 2. The fourth-order valence-electron chi connectivity index (χ4n) is 3.48. The van der Waals surface area contributed by atoms with Crippen LogP contribution < -0.4 is 10.2 Å². The standard InChI is InChI=1S/C22H23FN4O3S2/c1-15-16(2)31-22(24-15)25-21(28)17-4-3-5-20(14-17)32(29,30)27-12-10-26(11-13-27)19-8-6-18(23)7-9-19/h3-9,14H,10-13H2,1-2H3,(H,24,25,28). The SMILES string of the molecule is Cc1nc(NC(=O)c2cccc(S(=O)(=O)N3CCN(c4ccc(F)cc4)CC3)c2)sc1C. The Bertz CT molecular complexity index is 1210. The van der Waals surface area contributed by atoms with Gasteiger partial charge in [-0.15, -0.1) is 11.3 Å². The lowest BCUT2D eigenvalue weighted by Gasteiger charge is -2.35. The molecule has 3 aromatic rings. The molecule has 168 valence electrons. The van der Waals surface area contributed by atoms with Crippen molar-refractivity contribution >= 4 is 38.1 Å². The number of benzene rings is 2. The van der Waals surface area contributed by atoms with E-state index in [-0.39, 0.29) is 16.3 Å². The summed E-state index contributed by atoms with van der Waals surface area (Å²) in [5.41, 5.74) is 1.96. The molecule has 7 nitrogen and oxygen atoms in total. The largest absolute Gasteiger partial charge is 0.369 e. The fourth-order valence-corrected chi connectivity index (χ4v) is 5.76. The van der Waals surface area contributed by atoms with Crippen LogP contribution in [-0.4, -0.2) is 49.8 Å². The molecule has 10 heteroatoms. The Morgan fingerprint density at radius 2 is 1.75 bits per heavy atom. The number of anilines is 2. The summed E-state index contributed by atoms with van der Waals surface area (Å²) >= 11 is 1.37. The predicted molar refractivity (Wildman–Crippen MR) is 123 cm³/mol. The van der Waals surface area contributed by atoms with Gasteiger partial charge in [0.2, 0.25) is 10.0 Å². The number of hydrogen-bond donors (Lipinski definition) is 1. The number of piperazine rings is 1. The maximum Gasteiger partial charge on any atom is 0.257 e. The molecule has 2 heterocycles.